The number of nitrogens with zero attached hydrogens (tertiary/aromatic N) is 2. The number of hydrogen-bond acceptors (Lipinski definition) is 3. The van der Waals surface area contributed by atoms with Crippen molar-refractivity contribution in [2.24, 2.45) is 0 Å². The van der Waals surface area contributed by atoms with Crippen LogP contribution < -0.4 is 5.32 Å². The van der Waals surface area contributed by atoms with Gasteiger partial charge in [0, 0.05) is 38.7 Å². The first-order chi connectivity index (χ1) is 12.1. The Morgan fingerprint density at radius 1 is 1.16 bits per heavy atom. The third kappa shape index (κ3) is 4.33. The molecule has 2 aromatic rings. The standard InChI is InChI=1S/C19H22FN3O2/c1-23(17-8-12-25-13-9-17)19(24)22-18(15-6-10-21-11-7-15)14-2-4-16(20)5-3-14/h2-7,10-11,17-18H,8-9,12-13H2,1H3,(H,22,24). The van der Waals surface area contributed by atoms with Crippen LogP contribution in [0.15, 0.2) is 48.8 Å². The first-order valence-corrected chi connectivity index (χ1v) is 8.41. The second-order valence-electron chi connectivity index (χ2n) is 6.17. The van der Waals surface area contributed by atoms with Crippen LogP contribution in [-0.2, 0) is 4.74 Å². The molecule has 1 aromatic heterocycles. The maximum Gasteiger partial charge on any atom is 0.318 e. The van der Waals surface area contributed by atoms with Crippen molar-refractivity contribution >= 4 is 6.03 Å². The molecule has 25 heavy (non-hydrogen) atoms. The number of halogens is 1. The predicted octanol–water partition coefficient (Wildman–Crippen LogP) is 3.13. The van der Waals surface area contributed by atoms with Crippen molar-refractivity contribution in [3.05, 3.63) is 65.7 Å². The number of benzene rings is 1. The van der Waals surface area contributed by atoms with E-state index in [1.807, 2.05) is 12.1 Å². The molecule has 5 nitrogen and oxygen atoms in total. The van der Waals surface area contributed by atoms with Crippen molar-refractivity contribution in [3.8, 4) is 0 Å². The fourth-order valence-corrected chi connectivity index (χ4v) is 3.03. The number of carbonyl (C=O) groups is 1. The highest BCUT2D eigenvalue weighted by Crippen LogP contribution is 2.23. The van der Waals surface area contributed by atoms with Crippen LogP contribution in [0, 0.1) is 5.82 Å². The Bertz CT molecular complexity index is 688. The van der Waals surface area contributed by atoms with Gasteiger partial charge in [0.05, 0.1) is 6.04 Å². The number of pyridine rings is 1. The van der Waals surface area contributed by atoms with Gasteiger partial charge in [-0.1, -0.05) is 12.1 Å². The maximum absolute atomic E-state index is 13.3. The lowest BCUT2D eigenvalue weighted by atomic mass is 9.99. The molecule has 6 heteroatoms. The van der Waals surface area contributed by atoms with E-state index in [4.69, 9.17) is 4.74 Å². The van der Waals surface area contributed by atoms with E-state index in [1.54, 1.807) is 36.5 Å². The SMILES string of the molecule is CN(C(=O)NC(c1ccncc1)c1ccc(F)cc1)C1CCOCC1. The van der Waals surface area contributed by atoms with Gasteiger partial charge in [0.25, 0.3) is 0 Å². The normalized spacial score (nSPS) is 16.2. The molecule has 2 amide bonds. The molecule has 2 heterocycles. The number of rotatable bonds is 4. The summed E-state index contributed by atoms with van der Waals surface area (Å²) in [5.41, 5.74) is 1.72. The van der Waals surface area contributed by atoms with Gasteiger partial charge in [-0.25, -0.2) is 9.18 Å². The molecule has 1 fully saturated rings. The average Bonchev–Trinajstić information content (AvgIpc) is 2.67. The summed E-state index contributed by atoms with van der Waals surface area (Å²) in [6.45, 7) is 1.35. The highest BCUT2D eigenvalue weighted by atomic mass is 19.1. The fraction of sp³-hybridized carbons (Fsp3) is 0.368. The zero-order valence-corrected chi connectivity index (χ0v) is 14.2. The molecule has 0 radical (unpaired) electrons. The number of carbonyl (C=O) groups excluding carboxylic acids is 1. The lowest BCUT2D eigenvalue weighted by Gasteiger charge is -2.32. The Labute approximate surface area is 146 Å². The Kier molecular flexibility index (Phi) is 5.60. The van der Waals surface area contributed by atoms with Crippen LogP contribution in [-0.4, -0.2) is 42.2 Å². The summed E-state index contributed by atoms with van der Waals surface area (Å²) in [6.07, 6.45) is 5.03. The van der Waals surface area contributed by atoms with E-state index in [9.17, 15) is 9.18 Å². The Morgan fingerprint density at radius 2 is 1.76 bits per heavy atom. The summed E-state index contributed by atoms with van der Waals surface area (Å²) < 4.78 is 18.6. The maximum atomic E-state index is 13.3. The van der Waals surface area contributed by atoms with Gasteiger partial charge in [-0.15, -0.1) is 0 Å². The molecule has 0 bridgehead atoms. The molecular formula is C19H22FN3O2. The van der Waals surface area contributed by atoms with Gasteiger partial charge in [0.2, 0.25) is 0 Å². The molecule has 1 aromatic carbocycles. The van der Waals surface area contributed by atoms with Crippen molar-refractivity contribution < 1.29 is 13.9 Å². The van der Waals surface area contributed by atoms with E-state index in [1.165, 1.54) is 12.1 Å². The highest BCUT2D eigenvalue weighted by molar-refractivity contribution is 5.75. The van der Waals surface area contributed by atoms with Gasteiger partial charge in [-0.05, 0) is 48.2 Å². The molecule has 0 spiro atoms. The van der Waals surface area contributed by atoms with Gasteiger partial charge in [0.15, 0.2) is 0 Å². The van der Waals surface area contributed by atoms with Crippen molar-refractivity contribution in [2.75, 3.05) is 20.3 Å². The second-order valence-corrected chi connectivity index (χ2v) is 6.17. The highest BCUT2D eigenvalue weighted by Gasteiger charge is 2.25. The molecule has 0 saturated carbocycles. The molecule has 1 aliphatic rings. The number of aromatic nitrogens is 1. The number of amides is 2. The quantitative estimate of drug-likeness (QED) is 0.928. The first kappa shape index (κ1) is 17.4. The largest absolute Gasteiger partial charge is 0.381 e. The van der Waals surface area contributed by atoms with Gasteiger partial charge in [-0.2, -0.15) is 0 Å². The molecule has 132 valence electrons. The van der Waals surface area contributed by atoms with Crippen LogP contribution in [0.1, 0.15) is 30.0 Å². The average molecular weight is 343 g/mol. The second kappa shape index (κ2) is 8.07. The van der Waals surface area contributed by atoms with Crippen molar-refractivity contribution in [3.63, 3.8) is 0 Å². The molecule has 0 aliphatic carbocycles. The van der Waals surface area contributed by atoms with Crippen LogP contribution >= 0.6 is 0 Å². The third-order valence-corrected chi connectivity index (χ3v) is 4.57. The molecule has 1 N–H and O–H groups in total. The van der Waals surface area contributed by atoms with Gasteiger partial charge >= 0.3 is 6.03 Å². The van der Waals surface area contributed by atoms with E-state index in [-0.39, 0.29) is 23.9 Å². The summed E-state index contributed by atoms with van der Waals surface area (Å²) in [6, 6.07) is 9.53. The fourth-order valence-electron chi connectivity index (χ4n) is 3.03. The Morgan fingerprint density at radius 3 is 2.40 bits per heavy atom. The predicted molar refractivity (Wildman–Crippen MR) is 92.6 cm³/mol. The number of hydrogen-bond donors (Lipinski definition) is 1. The lowest BCUT2D eigenvalue weighted by Crippen LogP contribution is -2.47. The first-order valence-electron chi connectivity index (χ1n) is 8.41. The van der Waals surface area contributed by atoms with Crippen LogP contribution in [0.2, 0.25) is 0 Å². The minimum Gasteiger partial charge on any atom is -0.381 e. The van der Waals surface area contributed by atoms with Crippen LogP contribution in [0.5, 0.6) is 0 Å². The van der Waals surface area contributed by atoms with E-state index < -0.39 is 0 Å². The van der Waals surface area contributed by atoms with Gasteiger partial charge < -0.3 is 15.0 Å². The molecule has 1 unspecified atom stereocenters. The zero-order valence-electron chi connectivity index (χ0n) is 14.2. The summed E-state index contributed by atoms with van der Waals surface area (Å²) in [4.78, 5) is 18.5. The minimum atomic E-state index is -0.363. The number of ether oxygens (including phenoxy) is 1. The molecule has 1 saturated heterocycles. The van der Waals surface area contributed by atoms with Crippen molar-refractivity contribution in [2.45, 2.75) is 24.9 Å². The third-order valence-electron chi connectivity index (χ3n) is 4.57. The van der Waals surface area contributed by atoms with Crippen molar-refractivity contribution in [1.29, 1.82) is 0 Å². The van der Waals surface area contributed by atoms with E-state index in [2.05, 4.69) is 10.3 Å². The Balaban J connectivity index is 1.79. The smallest absolute Gasteiger partial charge is 0.318 e. The van der Waals surface area contributed by atoms with Crippen molar-refractivity contribution in [1.82, 2.24) is 15.2 Å². The molecule has 1 aliphatic heterocycles. The summed E-state index contributed by atoms with van der Waals surface area (Å²) in [5, 5.41) is 3.06. The molecule has 3 rings (SSSR count). The van der Waals surface area contributed by atoms with Crippen LogP contribution in [0.25, 0.3) is 0 Å². The van der Waals surface area contributed by atoms with Crippen LogP contribution in [0.4, 0.5) is 9.18 Å². The summed E-state index contributed by atoms with van der Waals surface area (Å²) >= 11 is 0. The van der Waals surface area contributed by atoms with E-state index in [0.29, 0.717) is 13.2 Å². The van der Waals surface area contributed by atoms with E-state index in [0.717, 1.165) is 24.0 Å². The lowest BCUT2D eigenvalue weighted by molar-refractivity contribution is 0.0523. The van der Waals surface area contributed by atoms with Gasteiger partial charge in [-0.3, -0.25) is 4.98 Å². The van der Waals surface area contributed by atoms with Crippen LogP contribution in [0.3, 0.4) is 0 Å². The topological polar surface area (TPSA) is 54.5 Å². The summed E-state index contributed by atoms with van der Waals surface area (Å²) in [7, 11) is 1.81. The zero-order chi connectivity index (χ0) is 17.6. The molecular weight excluding hydrogens is 321 g/mol. The van der Waals surface area contributed by atoms with E-state index >= 15 is 0 Å². The summed E-state index contributed by atoms with van der Waals surface area (Å²) in [5.74, 6) is -0.303. The number of urea groups is 1. The molecule has 1 atom stereocenters. The minimum absolute atomic E-state index is 0.155. The number of nitrogens with one attached hydrogen (secondary N) is 1. The Hall–Kier alpha value is -2.47. The monoisotopic (exact) mass is 343 g/mol. The van der Waals surface area contributed by atoms with Gasteiger partial charge in [0.1, 0.15) is 5.82 Å².